The smallest absolute Gasteiger partial charge is 0.271 e. The maximum atomic E-state index is 11.4. The van der Waals surface area contributed by atoms with Gasteiger partial charge in [0.1, 0.15) is 11.9 Å². The molecule has 0 aliphatic carbocycles. The van der Waals surface area contributed by atoms with Gasteiger partial charge in [-0.1, -0.05) is 6.07 Å². The van der Waals surface area contributed by atoms with Crippen molar-refractivity contribution in [1.82, 2.24) is 14.8 Å². The fourth-order valence-corrected chi connectivity index (χ4v) is 1.22. The quantitative estimate of drug-likeness (QED) is 0.734. The largest absolute Gasteiger partial charge is 0.349 e. The number of H-pyrrole nitrogens is 1. The zero-order chi connectivity index (χ0) is 11.5. The van der Waals surface area contributed by atoms with E-state index in [1.807, 2.05) is 0 Å². The first-order chi connectivity index (χ1) is 7.70. The second-order valence-corrected chi connectivity index (χ2v) is 2.96. The number of hydrogen-bond acceptors (Lipinski definition) is 5. The summed E-state index contributed by atoms with van der Waals surface area (Å²) in [6.45, 7) is 0. The van der Waals surface area contributed by atoms with Crippen molar-refractivity contribution in [3.05, 3.63) is 56.2 Å². The Kier molecular flexibility index (Phi) is 2.42. The van der Waals surface area contributed by atoms with Gasteiger partial charge in [-0.15, -0.1) is 4.91 Å². The summed E-state index contributed by atoms with van der Waals surface area (Å²) in [6, 6.07) is 6.01. The zero-order valence-corrected chi connectivity index (χ0v) is 7.95. The molecule has 0 bridgehead atoms. The maximum absolute atomic E-state index is 11.4. The average Bonchev–Trinajstić information content (AvgIpc) is 2.29. The van der Waals surface area contributed by atoms with Gasteiger partial charge in [-0.3, -0.25) is 9.78 Å². The van der Waals surface area contributed by atoms with Crippen LogP contribution in [0, 0.1) is 4.91 Å². The van der Waals surface area contributed by atoms with Gasteiger partial charge < -0.3 is 0 Å². The molecule has 1 heterocycles. The first-order valence-electron chi connectivity index (χ1n) is 4.33. The highest BCUT2D eigenvalue weighted by Crippen LogP contribution is 2.14. The van der Waals surface area contributed by atoms with Crippen LogP contribution in [0.25, 0.3) is 5.69 Å². The first-order valence-corrected chi connectivity index (χ1v) is 4.33. The maximum Gasteiger partial charge on any atom is 0.349 e. The van der Waals surface area contributed by atoms with Crippen molar-refractivity contribution in [3.63, 3.8) is 0 Å². The van der Waals surface area contributed by atoms with Gasteiger partial charge in [-0.05, 0) is 23.4 Å². The molecule has 0 unspecified atom stereocenters. The van der Waals surface area contributed by atoms with Crippen molar-refractivity contribution in [1.29, 1.82) is 0 Å². The predicted molar refractivity (Wildman–Crippen MR) is 55.9 cm³/mol. The summed E-state index contributed by atoms with van der Waals surface area (Å²) in [5.41, 5.74) is -0.711. The monoisotopic (exact) mass is 218 g/mol. The Morgan fingerprint density at radius 1 is 1.31 bits per heavy atom. The molecule has 1 aromatic carbocycles. The van der Waals surface area contributed by atoms with Gasteiger partial charge in [0.15, 0.2) is 0 Å². The van der Waals surface area contributed by atoms with Crippen molar-refractivity contribution >= 4 is 5.69 Å². The third-order valence-electron chi connectivity index (χ3n) is 1.89. The number of aromatic amines is 1. The van der Waals surface area contributed by atoms with Crippen molar-refractivity contribution in [2.24, 2.45) is 5.18 Å². The van der Waals surface area contributed by atoms with E-state index >= 15 is 0 Å². The second kappa shape index (κ2) is 3.89. The van der Waals surface area contributed by atoms with E-state index in [0.29, 0.717) is 5.69 Å². The Morgan fingerprint density at radius 3 is 2.81 bits per heavy atom. The van der Waals surface area contributed by atoms with Crippen LogP contribution in [0.2, 0.25) is 0 Å². The van der Waals surface area contributed by atoms with Crippen LogP contribution in [0.1, 0.15) is 0 Å². The minimum Gasteiger partial charge on any atom is -0.271 e. The molecule has 0 spiro atoms. The molecule has 7 nitrogen and oxygen atoms in total. The molecule has 16 heavy (non-hydrogen) atoms. The number of nitrogens with zero attached hydrogens (tertiary/aromatic N) is 3. The fraction of sp³-hybridized carbons (Fsp3) is 0. The third kappa shape index (κ3) is 1.78. The molecular formula is C9H6N4O3. The lowest BCUT2D eigenvalue weighted by atomic mass is 10.3. The standard InChI is InChI=1S/C9H6N4O3/c14-8-5-10-13(9(15)11-8)7-3-1-2-6(4-7)12-16/h1-5H,(H,11,14,15). The summed E-state index contributed by atoms with van der Waals surface area (Å²) in [6.07, 6.45) is 0.975. The minimum absolute atomic E-state index is 0.178. The molecule has 0 saturated heterocycles. The number of rotatable bonds is 2. The van der Waals surface area contributed by atoms with Crippen LogP contribution in [0.4, 0.5) is 5.69 Å². The lowest BCUT2D eigenvalue weighted by Gasteiger charge is -2.01. The van der Waals surface area contributed by atoms with E-state index in [-0.39, 0.29) is 5.69 Å². The summed E-state index contributed by atoms with van der Waals surface area (Å²) in [7, 11) is 0. The molecule has 0 fully saturated rings. The molecule has 2 aromatic rings. The number of benzene rings is 1. The molecule has 80 valence electrons. The van der Waals surface area contributed by atoms with Gasteiger partial charge in [0.2, 0.25) is 0 Å². The summed E-state index contributed by atoms with van der Waals surface area (Å²) in [4.78, 5) is 34.5. The normalized spacial score (nSPS) is 10.0. The van der Waals surface area contributed by atoms with Crippen molar-refractivity contribution in [2.75, 3.05) is 0 Å². The van der Waals surface area contributed by atoms with E-state index in [1.54, 1.807) is 12.1 Å². The van der Waals surface area contributed by atoms with Crippen LogP contribution in [0.15, 0.2) is 45.2 Å². The summed E-state index contributed by atoms with van der Waals surface area (Å²) in [5, 5.41) is 6.38. The minimum atomic E-state index is -0.671. The van der Waals surface area contributed by atoms with Crippen LogP contribution in [0.5, 0.6) is 0 Å². The fourth-order valence-electron chi connectivity index (χ4n) is 1.22. The molecular weight excluding hydrogens is 212 g/mol. The van der Waals surface area contributed by atoms with Gasteiger partial charge in [-0.25, -0.2) is 4.79 Å². The third-order valence-corrected chi connectivity index (χ3v) is 1.89. The van der Waals surface area contributed by atoms with E-state index in [4.69, 9.17) is 0 Å². The highest BCUT2D eigenvalue weighted by atomic mass is 16.3. The Bertz CT molecular complexity index is 643. The molecule has 0 aliphatic heterocycles. The van der Waals surface area contributed by atoms with E-state index in [9.17, 15) is 14.5 Å². The summed E-state index contributed by atoms with van der Waals surface area (Å²) >= 11 is 0. The lowest BCUT2D eigenvalue weighted by molar-refractivity contribution is 0.750. The Labute approximate surface area is 88.3 Å². The molecule has 7 heteroatoms. The van der Waals surface area contributed by atoms with Crippen LogP contribution in [-0.4, -0.2) is 14.8 Å². The van der Waals surface area contributed by atoms with Crippen molar-refractivity contribution < 1.29 is 0 Å². The van der Waals surface area contributed by atoms with Crippen molar-refractivity contribution in [2.45, 2.75) is 0 Å². The van der Waals surface area contributed by atoms with E-state index in [1.165, 1.54) is 12.1 Å². The molecule has 0 saturated carbocycles. The SMILES string of the molecule is O=Nc1cccc(-n2ncc(=O)[nH]c2=O)c1. The Hall–Kier alpha value is -2.57. The molecule has 2 rings (SSSR count). The number of hydrogen-bond donors (Lipinski definition) is 1. The highest BCUT2D eigenvalue weighted by molar-refractivity contribution is 5.46. The number of nitrogens with one attached hydrogen (secondary N) is 1. The molecule has 0 amide bonds. The van der Waals surface area contributed by atoms with Crippen molar-refractivity contribution in [3.8, 4) is 5.69 Å². The molecule has 1 N–H and O–H groups in total. The first kappa shape index (κ1) is 9.97. The van der Waals surface area contributed by atoms with Gasteiger partial charge in [0.05, 0.1) is 5.69 Å². The van der Waals surface area contributed by atoms with Crippen LogP contribution in [0.3, 0.4) is 0 Å². The molecule has 0 radical (unpaired) electrons. The van der Waals surface area contributed by atoms with Crippen LogP contribution in [-0.2, 0) is 0 Å². The van der Waals surface area contributed by atoms with Gasteiger partial charge in [-0.2, -0.15) is 9.78 Å². The van der Waals surface area contributed by atoms with Gasteiger partial charge in [0.25, 0.3) is 5.56 Å². The zero-order valence-electron chi connectivity index (χ0n) is 7.95. The molecule has 1 aromatic heterocycles. The van der Waals surface area contributed by atoms with Crippen LogP contribution >= 0.6 is 0 Å². The molecule has 0 atom stereocenters. The molecule has 0 aliphatic rings. The lowest BCUT2D eigenvalue weighted by Crippen LogP contribution is -2.30. The Morgan fingerprint density at radius 2 is 2.12 bits per heavy atom. The van der Waals surface area contributed by atoms with Gasteiger partial charge >= 0.3 is 5.69 Å². The number of nitroso groups, excluding NO2 is 1. The highest BCUT2D eigenvalue weighted by Gasteiger charge is 2.02. The van der Waals surface area contributed by atoms with Crippen LogP contribution < -0.4 is 11.2 Å². The average molecular weight is 218 g/mol. The topological polar surface area (TPSA) is 97.2 Å². The Balaban J connectivity index is 2.62. The van der Waals surface area contributed by atoms with E-state index in [0.717, 1.165) is 10.9 Å². The van der Waals surface area contributed by atoms with E-state index in [2.05, 4.69) is 15.3 Å². The summed E-state index contributed by atoms with van der Waals surface area (Å²) < 4.78 is 0.968. The van der Waals surface area contributed by atoms with Gasteiger partial charge in [0, 0.05) is 0 Å². The van der Waals surface area contributed by atoms with E-state index < -0.39 is 11.2 Å². The summed E-state index contributed by atoms with van der Waals surface area (Å²) in [5.74, 6) is 0. The number of aromatic nitrogens is 3. The second-order valence-electron chi connectivity index (χ2n) is 2.96. The predicted octanol–water partition coefficient (Wildman–Crippen LogP) is 0.319.